The number of thiazole rings is 1. The third-order valence-corrected chi connectivity index (χ3v) is 4.06. The first-order valence-electron chi connectivity index (χ1n) is 7.04. The van der Waals surface area contributed by atoms with Crippen LogP contribution in [0.4, 0.5) is 0 Å². The number of nitrogens with one attached hydrogen (secondary N) is 1. The molecule has 0 bridgehead atoms. The summed E-state index contributed by atoms with van der Waals surface area (Å²) in [6.07, 6.45) is 3.31. The number of aryl methyl sites for hydroxylation is 1. The Balaban J connectivity index is 1.54. The van der Waals surface area contributed by atoms with E-state index in [4.69, 9.17) is 4.74 Å². The first-order valence-corrected chi connectivity index (χ1v) is 7.92. The fourth-order valence-electron chi connectivity index (χ4n) is 2.06. The van der Waals surface area contributed by atoms with Crippen molar-refractivity contribution in [2.24, 2.45) is 0 Å². The number of benzene rings is 1. The second-order valence-electron chi connectivity index (χ2n) is 5.12. The molecule has 2 heterocycles. The van der Waals surface area contributed by atoms with Crippen LogP contribution in [-0.2, 0) is 11.3 Å². The summed E-state index contributed by atoms with van der Waals surface area (Å²) in [5.74, 6) is 0.535. The Morgan fingerprint density at radius 3 is 2.91 bits per heavy atom. The Bertz CT molecular complexity index is 748. The highest BCUT2D eigenvalue weighted by Gasteiger charge is 2.15. The molecule has 6 heteroatoms. The molecule has 5 nitrogen and oxygen atoms in total. The van der Waals surface area contributed by atoms with Gasteiger partial charge < -0.3 is 10.1 Å². The third kappa shape index (κ3) is 3.28. The van der Waals surface area contributed by atoms with E-state index in [1.54, 1.807) is 18.3 Å². The average Bonchev–Trinajstić information content (AvgIpc) is 3.08. The van der Waals surface area contributed by atoms with Crippen molar-refractivity contribution in [3.05, 3.63) is 53.3 Å². The Morgan fingerprint density at radius 1 is 1.41 bits per heavy atom. The van der Waals surface area contributed by atoms with Crippen LogP contribution in [-0.4, -0.2) is 21.4 Å². The molecule has 1 amide bonds. The number of imidazole rings is 1. The van der Waals surface area contributed by atoms with Crippen LogP contribution in [0, 0.1) is 6.92 Å². The smallest absolute Gasteiger partial charge is 0.261 e. The lowest BCUT2D eigenvalue weighted by molar-refractivity contribution is -0.127. The van der Waals surface area contributed by atoms with Crippen molar-refractivity contribution in [2.45, 2.75) is 26.5 Å². The maximum Gasteiger partial charge on any atom is 0.261 e. The van der Waals surface area contributed by atoms with Crippen LogP contribution in [0.5, 0.6) is 5.75 Å². The van der Waals surface area contributed by atoms with E-state index in [1.807, 2.05) is 53.4 Å². The van der Waals surface area contributed by atoms with Crippen molar-refractivity contribution in [1.82, 2.24) is 14.7 Å². The molecule has 1 unspecified atom stereocenters. The molecular weight excluding hydrogens is 298 g/mol. The van der Waals surface area contributed by atoms with Crippen LogP contribution in [0.1, 0.15) is 18.2 Å². The highest BCUT2D eigenvalue weighted by atomic mass is 32.1. The van der Waals surface area contributed by atoms with Gasteiger partial charge in [-0.15, -0.1) is 11.3 Å². The van der Waals surface area contributed by atoms with Crippen molar-refractivity contribution in [2.75, 3.05) is 0 Å². The second kappa shape index (κ2) is 6.19. The summed E-state index contributed by atoms with van der Waals surface area (Å²) in [6, 6.07) is 7.64. The number of aromatic nitrogens is 2. The van der Waals surface area contributed by atoms with Gasteiger partial charge in [0.15, 0.2) is 11.1 Å². The molecule has 1 atom stereocenters. The Labute approximate surface area is 132 Å². The zero-order chi connectivity index (χ0) is 15.5. The molecule has 0 aliphatic rings. The van der Waals surface area contributed by atoms with Crippen molar-refractivity contribution in [3.63, 3.8) is 0 Å². The van der Waals surface area contributed by atoms with Gasteiger partial charge in [-0.25, -0.2) is 4.98 Å². The van der Waals surface area contributed by atoms with E-state index in [1.165, 1.54) is 0 Å². The summed E-state index contributed by atoms with van der Waals surface area (Å²) < 4.78 is 7.57. The van der Waals surface area contributed by atoms with Crippen LogP contribution >= 0.6 is 11.3 Å². The molecule has 114 valence electrons. The molecule has 0 fully saturated rings. The Hall–Kier alpha value is -2.34. The standard InChI is InChI=1S/C16H17N3O2S/c1-11-3-5-14(6-4-11)21-12(2)15(20)17-9-13-10-19-7-8-22-16(19)18-13/h3-8,10,12H,9H2,1-2H3,(H,17,20). The zero-order valence-corrected chi connectivity index (χ0v) is 13.3. The highest BCUT2D eigenvalue weighted by Crippen LogP contribution is 2.14. The molecule has 0 saturated heterocycles. The van der Waals surface area contributed by atoms with Crippen molar-refractivity contribution in [3.8, 4) is 5.75 Å². The predicted octanol–water partition coefficient (Wildman–Crippen LogP) is 2.79. The van der Waals surface area contributed by atoms with Gasteiger partial charge in [0.05, 0.1) is 12.2 Å². The first kappa shape index (κ1) is 14.6. The Kier molecular flexibility index (Phi) is 4.11. The summed E-state index contributed by atoms with van der Waals surface area (Å²) in [5.41, 5.74) is 1.99. The molecular formula is C16H17N3O2S. The van der Waals surface area contributed by atoms with Gasteiger partial charge in [-0.2, -0.15) is 0 Å². The number of carbonyl (C=O) groups is 1. The van der Waals surface area contributed by atoms with Gasteiger partial charge in [0.25, 0.3) is 5.91 Å². The number of amides is 1. The number of rotatable bonds is 5. The zero-order valence-electron chi connectivity index (χ0n) is 12.4. The maximum atomic E-state index is 12.1. The van der Waals surface area contributed by atoms with Crippen LogP contribution in [0.25, 0.3) is 4.96 Å². The molecule has 0 radical (unpaired) electrons. The molecule has 1 aromatic carbocycles. The second-order valence-corrected chi connectivity index (χ2v) is 5.99. The largest absolute Gasteiger partial charge is 0.481 e. The van der Waals surface area contributed by atoms with Crippen LogP contribution in [0.3, 0.4) is 0 Å². The summed E-state index contributed by atoms with van der Waals surface area (Å²) in [6.45, 7) is 4.14. The van der Waals surface area contributed by atoms with E-state index >= 15 is 0 Å². The minimum atomic E-state index is -0.550. The predicted molar refractivity (Wildman–Crippen MR) is 86.2 cm³/mol. The van der Waals surface area contributed by atoms with Gasteiger partial charge in [0.2, 0.25) is 0 Å². The Morgan fingerprint density at radius 2 is 2.18 bits per heavy atom. The van der Waals surface area contributed by atoms with E-state index in [9.17, 15) is 4.79 Å². The monoisotopic (exact) mass is 315 g/mol. The summed E-state index contributed by atoms with van der Waals surface area (Å²) >= 11 is 1.57. The molecule has 0 spiro atoms. The molecule has 1 N–H and O–H groups in total. The third-order valence-electron chi connectivity index (χ3n) is 3.29. The normalized spacial score (nSPS) is 12.3. The molecule has 22 heavy (non-hydrogen) atoms. The number of carbonyl (C=O) groups excluding carboxylic acids is 1. The highest BCUT2D eigenvalue weighted by molar-refractivity contribution is 7.15. The van der Waals surface area contributed by atoms with Crippen LogP contribution in [0.15, 0.2) is 42.0 Å². The van der Waals surface area contributed by atoms with Crippen molar-refractivity contribution < 1.29 is 9.53 Å². The summed E-state index contributed by atoms with van der Waals surface area (Å²) in [5, 5.41) is 4.82. The molecule has 0 saturated carbocycles. The summed E-state index contributed by atoms with van der Waals surface area (Å²) in [7, 11) is 0. The molecule has 0 aliphatic carbocycles. The summed E-state index contributed by atoms with van der Waals surface area (Å²) in [4.78, 5) is 17.4. The number of hydrogen-bond acceptors (Lipinski definition) is 4. The van der Waals surface area contributed by atoms with E-state index in [-0.39, 0.29) is 5.91 Å². The molecule has 2 aromatic heterocycles. The van der Waals surface area contributed by atoms with E-state index in [0.29, 0.717) is 12.3 Å². The maximum absolute atomic E-state index is 12.1. The lowest BCUT2D eigenvalue weighted by Gasteiger charge is -2.14. The van der Waals surface area contributed by atoms with Crippen molar-refractivity contribution in [1.29, 1.82) is 0 Å². The van der Waals surface area contributed by atoms with Crippen LogP contribution < -0.4 is 10.1 Å². The fourth-order valence-corrected chi connectivity index (χ4v) is 2.78. The van der Waals surface area contributed by atoms with E-state index in [0.717, 1.165) is 16.2 Å². The van der Waals surface area contributed by atoms with Crippen LogP contribution in [0.2, 0.25) is 0 Å². The van der Waals surface area contributed by atoms with Gasteiger partial charge in [-0.1, -0.05) is 17.7 Å². The van der Waals surface area contributed by atoms with Gasteiger partial charge in [0, 0.05) is 17.8 Å². The van der Waals surface area contributed by atoms with Gasteiger partial charge in [-0.05, 0) is 26.0 Å². The van der Waals surface area contributed by atoms with Gasteiger partial charge in [-0.3, -0.25) is 9.20 Å². The fraction of sp³-hybridized carbons (Fsp3) is 0.250. The topological polar surface area (TPSA) is 55.6 Å². The number of fused-ring (bicyclic) bond motifs is 1. The minimum absolute atomic E-state index is 0.156. The van der Waals surface area contributed by atoms with E-state index < -0.39 is 6.10 Å². The minimum Gasteiger partial charge on any atom is -0.481 e. The lowest BCUT2D eigenvalue weighted by Crippen LogP contribution is -2.35. The number of hydrogen-bond donors (Lipinski definition) is 1. The van der Waals surface area contributed by atoms with Gasteiger partial charge in [0.1, 0.15) is 5.75 Å². The molecule has 3 rings (SSSR count). The van der Waals surface area contributed by atoms with Gasteiger partial charge >= 0.3 is 0 Å². The lowest BCUT2D eigenvalue weighted by atomic mass is 10.2. The SMILES string of the molecule is Cc1ccc(OC(C)C(=O)NCc2cn3ccsc3n2)cc1. The molecule has 3 aromatic rings. The first-order chi connectivity index (χ1) is 10.6. The number of ether oxygens (including phenoxy) is 1. The quantitative estimate of drug-likeness (QED) is 0.787. The molecule has 0 aliphatic heterocycles. The van der Waals surface area contributed by atoms with E-state index in [2.05, 4.69) is 10.3 Å². The van der Waals surface area contributed by atoms with Crippen molar-refractivity contribution >= 4 is 22.2 Å². The average molecular weight is 315 g/mol. The number of nitrogens with zero attached hydrogens (tertiary/aromatic N) is 2.